The second kappa shape index (κ2) is 11.9. The van der Waals surface area contributed by atoms with Crippen molar-refractivity contribution in [2.45, 2.75) is 20.0 Å². The zero-order valence-electron chi connectivity index (χ0n) is 23.0. The zero-order chi connectivity index (χ0) is 30.1. The van der Waals surface area contributed by atoms with E-state index in [1.165, 1.54) is 29.1 Å². The number of hydrogen-bond donors (Lipinski definition) is 2. The van der Waals surface area contributed by atoms with E-state index in [1.807, 2.05) is 19.0 Å². The summed E-state index contributed by atoms with van der Waals surface area (Å²) in [6.07, 6.45) is 0. The van der Waals surface area contributed by atoms with Gasteiger partial charge in [-0.15, -0.1) is 22.7 Å². The molecule has 10 nitrogen and oxygen atoms in total. The fourth-order valence-electron chi connectivity index (χ4n) is 4.52. The molecule has 0 fully saturated rings. The molecule has 0 saturated carbocycles. The highest BCUT2D eigenvalue weighted by atomic mass is 32.1. The fourth-order valence-corrected chi connectivity index (χ4v) is 6.61. The van der Waals surface area contributed by atoms with Crippen molar-refractivity contribution >= 4 is 44.6 Å². The number of carbonyl (C=O) groups excluding carboxylic acids is 1. The van der Waals surface area contributed by atoms with Crippen molar-refractivity contribution in [1.82, 2.24) is 24.5 Å². The van der Waals surface area contributed by atoms with Gasteiger partial charge in [-0.1, -0.05) is 18.2 Å². The Morgan fingerprint density at radius 2 is 1.76 bits per heavy atom. The molecule has 0 aliphatic carbocycles. The summed E-state index contributed by atoms with van der Waals surface area (Å²) in [6, 6.07) is 9.87. The van der Waals surface area contributed by atoms with Crippen LogP contribution in [-0.4, -0.2) is 46.3 Å². The number of thiophene rings is 1. The second-order valence-electron chi connectivity index (χ2n) is 9.65. The lowest BCUT2D eigenvalue weighted by molar-refractivity contribution is 0.114. The minimum Gasteiger partial charge on any atom is -0.306 e. The van der Waals surface area contributed by atoms with Gasteiger partial charge in [0.15, 0.2) is 0 Å². The molecule has 0 saturated heterocycles. The predicted octanol–water partition coefficient (Wildman–Crippen LogP) is 4.72. The lowest BCUT2D eigenvalue weighted by atomic mass is 10.1. The van der Waals surface area contributed by atoms with Gasteiger partial charge in [-0.25, -0.2) is 33.4 Å². The van der Waals surface area contributed by atoms with E-state index in [2.05, 4.69) is 20.6 Å². The summed E-state index contributed by atoms with van der Waals surface area (Å²) >= 11 is 2.31. The van der Waals surface area contributed by atoms with Crippen LogP contribution in [0.1, 0.15) is 16.8 Å². The van der Waals surface area contributed by atoms with Crippen LogP contribution in [0.2, 0.25) is 0 Å². The Kier molecular flexibility index (Phi) is 8.31. The summed E-state index contributed by atoms with van der Waals surface area (Å²) in [6.45, 7) is 1.65. The average molecular weight is 613 g/mol. The summed E-state index contributed by atoms with van der Waals surface area (Å²) in [4.78, 5) is 51.7. The predicted molar refractivity (Wildman–Crippen MR) is 160 cm³/mol. The summed E-state index contributed by atoms with van der Waals surface area (Å²) < 4.78 is 31.8. The SMILES string of the molecule is CONC(=O)Nc1ccc(-c2sc3c(c2CN(C)C)c(=O)n(-c2nc(C)cs2)c(=O)n3Cc2c(F)cccc2F)cc1. The number of anilines is 1. The second-order valence-corrected chi connectivity index (χ2v) is 11.5. The minimum atomic E-state index is -0.802. The highest BCUT2D eigenvalue weighted by Gasteiger charge is 2.26. The molecule has 0 radical (unpaired) electrons. The first-order chi connectivity index (χ1) is 20.1. The molecular formula is C28H26F2N6O4S2. The summed E-state index contributed by atoms with van der Waals surface area (Å²) in [5.41, 5.74) is 3.05. The Hall–Kier alpha value is -4.24. The summed E-state index contributed by atoms with van der Waals surface area (Å²) in [5, 5.41) is 4.77. The molecule has 0 aliphatic heterocycles. The van der Waals surface area contributed by atoms with Crippen LogP contribution in [0.15, 0.2) is 57.4 Å². The largest absolute Gasteiger partial charge is 0.343 e. The van der Waals surface area contributed by atoms with E-state index in [0.717, 1.165) is 33.6 Å². The van der Waals surface area contributed by atoms with E-state index in [1.54, 1.807) is 36.6 Å². The highest BCUT2D eigenvalue weighted by Crippen LogP contribution is 2.38. The van der Waals surface area contributed by atoms with Crippen LogP contribution in [0.4, 0.5) is 19.3 Å². The number of nitrogens with zero attached hydrogens (tertiary/aromatic N) is 4. The van der Waals surface area contributed by atoms with Gasteiger partial charge in [0.2, 0.25) is 5.13 Å². The van der Waals surface area contributed by atoms with Crippen molar-refractivity contribution in [1.29, 1.82) is 0 Å². The number of fused-ring (bicyclic) bond motifs is 1. The Morgan fingerprint density at radius 1 is 1.07 bits per heavy atom. The highest BCUT2D eigenvalue weighted by molar-refractivity contribution is 7.22. The number of thiazole rings is 1. The van der Waals surface area contributed by atoms with E-state index in [-0.39, 0.29) is 20.9 Å². The number of aryl methyl sites for hydroxylation is 1. The molecule has 5 rings (SSSR count). The van der Waals surface area contributed by atoms with Crippen LogP contribution in [-0.2, 0) is 17.9 Å². The lowest BCUT2D eigenvalue weighted by Gasteiger charge is -2.14. The van der Waals surface area contributed by atoms with Crippen LogP contribution in [0.5, 0.6) is 0 Å². The van der Waals surface area contributed by atoms with E-state index < -0.39 is 35.5 Å². The molecule has 3 aromatic heterocycles. The molecule has 0 spiro atoms. The maximum Gasteiger partial charge on any atom is 0.343 e. The quantitative estimate of drug-likeness (QED) is 0.246. The molecule has 2 aromatic carbocycles. The molecule has 2 amide bonds. The topological polar surface area (TPSA) is 110 Å². The fraction of sp³-hybridized carbons (Fsp3) is 0.214. The van der Waals surface area contributed by atoms with E-state index in [4.69, 9.17) is 0 Å². The molecule has 5 aromatic rings. The number of amides is 2. The van der Waals surface area contributed by atoms with E-state index >= 15 is 0 Å². The van der Waals surface area contributed by atoms with Crippen LogP contribution in [0, 0.1) is 18.6 Å². The first kappa shape index (κ1) is 29.3. The number of carbonyl (C=O) groups is 1. The molecule has 0 atom stereocenters. The van der Waals surface area contributed by atoms with Crippen LogP contribution < -0.4 is 22.0 Å². The molecular weight excluding hydrogens is 586 g/mol. The Labute approximate surface area is 246 Å². The molecule has 0 aliphatic rings. The van der Waals surface area contributed by atoms with Crippen LogP contribution >= 0.6 is 22.7 Å². The number of rotatable bonds is 8. The van der Waals surface area contributed by atoms with Gasteiger partial charge in [0, 0.05) is 28.1 Å². The van der Waals surface area contributed by atoms with Gasteiger partial charge < -0.3 is 10.2 Å². The number of benzene rings is 2. The maximum absolute atomic E-state index is 14.8. The average Bonchev–Trinajstić information content (AvgIpc) is 3.52. The third-order valence-electron chi connectivity index (χ3n) is 6.32. The van der Waals surface area contributed by atoms with Gasteiger partial charge in [-0.2, -0.15) is 0 Å². The van der Waals surface area contributed by atoms with Crippen molar-refractivity contribution < 1.29 is 18.4 Å². The van der Waals surface area contributed by atoms with Crippen molar-refractivity contribution in [3.05, 3.63) is 97.1 Å². The van der Waals surface area contributed by atoms with Crippen molar-refractivity contribution in [2.75, 3.05) is 26.5 Å². The molecule has 0 bridgehead atoms. The number of hydroxylamine groups is 1. The summed E-state index contributed by atoms with van der Waals surface area (Å²) in [5.74, 6) is -1.60. The molecule has 14 heteroatoms. The van der Waals surface area contributed by atoms with Crippen molar-refractivity contribution in [2.24, 2.45) is 0 Å². The normalized spacial score (nSPS) is 11.4. The Morgan fingerprint density at radius 3 is 2.36 bits per heavy atom. The number of nitrogens with one attached hydrogen (secondary N) is 2. The molecule has 3 heterocycles. The first-order valence-corrected chi connectivity index (χ1v) is 14.3. The van der Waals surface area contributed by atoms with Crippen molar-refractivity contribution in [3.63, 3.8) is 0 Å². The van der Waals surface area contributed by atoms with Crippen molar-refractivity contribution in [3.8, 4) is 15.6 Å². The number of urea groups is 1. The van der Waals surface area contributed by atoms with Gasteiger partial charge in [0.25, 0.3) is 5.56 Å². The maximum atomic E-state index is 14.8. The van der Waals surface area contributed by atoms with E-state index in [0.29, 0.717) is 28.4 Å². The number of hydrogen-bond acceptors (Lipinski definition) is 8. The van der Waals surface area contributed by atoms with Gasteiger partial charge in [0.05, 0.1) is 24.7 Å². The molecule has 0 unspecified atom stereocenters. The molecule has 218 valence electrons. The molecule has 2 N–H and O–H groups in total. The van der Waals surface area contributed by atoms with Gasteiger partial charge in [-0.3, -0.25) is 14.2 Å². The van der Waals surface area contributed by atoms with Gasteiger partial charge in [-0.05, 0) is 56.4 Å². The third kappa shape index (κ3) is 5.61. The molecule has 42 heavy (non-hydrogen) atoms. The number of halogens is 2. The monoisotopic (exact) mass is 612 g/mol. The minimum absolute atomic E-state index is 0.167. The summed E-state index contributed by atoms with van der Waals surface area (Å²) in [7, 11) is 5.02. The van der Waals surface area contributed by atoms with Gasteiger partial charge in [0.1, 0.15) is 16.5 Å². The Balaban J connectivity index is 1.78. The first-order valence-electron chi connectivity index (χ1n) is 12.6. The van der Waals surface area contributed by atoms with Gasteiger partial charge >= 0.3 is 11.7 Å². The van der Waals surface area contributed by atoms with E-state index in [9.17, 15) is 23.2 Å². The Bertz CT molecular complexity index is 1890. The number of aromatic nitrogens is 3. The smallest absolute Gasteiger partial charge is 0.306 e. The van der Waals surface area contributed by atoms with Crippen LogP contribution in [0.25, 0.3) is 25.8 Å². The van der Waals surface area contributed by atoms with Crippen LogP contribution in [0.3, 0.4) is 0 Å². The standard InChI is InChI=1S/C28H26F2N6O4S2/c1-15-14-41-27(31-15)36-24(37)22-19(12-34(2)3)23(16-8-10-17(11-9-16)32-26(38)33-40-4)42-25(22)35(28(36)39)13-18-20(29)6-5-7-21(18)30/h5-11,14H,12-13H2,1-4H3,(H2,32,33,38). The zero-order valence-corrected chi connectivity index (χ0v) is 24.7. The third-order valence-corrected chi connectivity index (χ3v) is 8.57. The lowest BCUT2D eigenvalue weighted by Crippen LogP contribution is -2.39.